The highest BCUT2D eigenvalue weighted by Gasteiger charge is 2.11. The molecule has 0 aromatic heterocycles. The van der Waals surface area contributed by atoms with E-state index in [1.807, 2.05) is 45.0 Å². The Morgan fingerprint density at radius 1 is 1.10 bits per heavy atom. The maximum atomic E-state index is 11.5. The highest BCUT2D eigenvalue weighted by Crippen LogP contribution is 2.13. The van der Waals surface area contributed by atoms with E-state index >= 15 is 0 Å². The summed E-state index contributed by atoms with van der Waals surface area (Å²) in [5.41, 5.74) is 0.915. The molecule has 110 valence electrons. The molecule has 0 saturated heterocycles. The number of ether oxygens (including phenoxy) is 1. The molecule has 5 nitrogen and oxygen atoms in total. The van der Waals surface area contributed by atoms with Crippen LogP contribution in [0.25, 0.3) is 0 Å². The van der Waals surface area contributed by atoms with E-state index in [4.69, 9.17) is 4.74 Å². The van der Waals surface area contributed by atoms with Crippen molar-refractivity contribution in [2.45, 2.75) is 39.8 Å². The van der Waals surface area contributed by atoms with Crippen molar-refractivity contribution in [3.8, 4) is 5.75 Å². The zero-order valence-corrected chi connectivity index (χ0v) is 12.2. The second kappa shape index (κ2) is 8.19. The molecule has 0 aliphatic carbocycles. The Hall–Kier alpha value is -2.04. The van der Waals surface area contributed by atoms with Crippen molar-refractivity contribution in [2.75, 3.05) is 6.54 Å². The van der Waals surface area contributed by atoms with Crippen LogP contribution in [0.1, 0.15) is 32.8 Å². The van der Waals surface area contributed by atoms with Crippen molar-refractivity contribution in [1.82, 2.24) is 10.6 Å². The van der Waals surface area contributed by atoms with Crippen LogP contribution in [0.5, 0.6) is 5.75 Å². The largest absolute Gasteiger partial charge is 0.491 e. The highest BCUT2D eigenvalue weighted by atomic mass is 16.5. The molecule has 1 aromatic rings. The molecule has 0 radical (unpaired) electrons. The standard InChI is InChI=1S/C15H22N2O3/c1-4-9-16-14(18)15(19)17-10-12-5-7-13(8-6-12)20-11(2)3/h5-8,11H,4,9-10H2,1-3H3,(H,16,18)(H,17,19). The maximum absolute atomic E-state index is 11.5. The van der Waals surface area contributed by atoms with Crippen LogP contribution in [-0.4, -0.2) is 24.5 Å². The molecule has 0 atom stereocenters. The van der Waals surface area contributed by atoms with E-state index in [0.717, 1.165) is 17.7 Å². The molecule has 20 heavy (non-hydrogen) atoms. The molecule has 0 spiro atoms. The van der Waals surface area contributed by atoms with Crippen molar-refractivity contribution >= 4 is 11.8 Å². The van der Waals surface area contributed by atoms with Crippen molar-refractivity contribution < 1.29 is 14.3 Å². The van der Waals surface area contributed by atoms with Crippen LogP contribution in [0.2, 0.25) is 0 Å². The quantitative estimate of drug-likeness (QED) is 0.777. The molecule has 0 aliphatic rings. The van der Waals surface area contributed by atoms with Crippen LogP contribution in [0.4, 0.5) is 0 Å². The third-order valence-electron chi connectivity index (χ3n) is 2.49. The third-order valence-corrected chi connectivity index (χ3v) is 2.49. The summed E-state index contributed by atoms with van der Waals surface area (Å²) in [5, 5.41) is 5.10. The minimum Gasteiger partial charge on any atom is -0.491 e. The van der Waals surface area contributed by atoms with Gasteiger partial charge in [-0.25, -0.2) is 0 Å². The molecule has 2 amide bonds. The van der Waals surface area contributed by atoms with Crippen LogP contribution in [0, 0.1) is 0 Å². The monoisotopic (exact) mass is 278 g/mol. The molecule has 0 bridgehead atoms. The number of carbonyl (C=O) groups is 2. The van der Waals surface area contributed by atoms with Gasteiger partial charge in [0.15, 0.2) is 0 Å². The summed E-state index contributed by atoms with van der Waals surface area (Å²) in [4.78, 5) is 22.8. The fraction of sp³-hybridized carbons (Fsp3) is 0.467. The lowest BCUT2D eigenvalue weighted by Gasteiger charge is -2.10. The van der Waals surface area contributed by atoms with Crippen LogP contribution in [0.3, 0.4) is 0 Å². The van der Waals surface area contributed by atoms with Crippen LogP contribution >= 0.6 is 0 Å². The van der Waals surface area contributed by atoms with Gasteiger partial charge in [-0.2, -0.15) is 0 Å². The zero-order chi connectivity index (χ0) is 15.0. The minimum atomic E-state index is -0.610. The Balaban J connectivity index is 2.41. The number of amides is 2. The van der Waals surface area contributed by atoms with Crippen molar-refractivity contribution in [2.24, 2.45) is 0 Å². The van der Waals surface area contributed by atoms with Gasteiger partial charge in [0.1, 0.15) is 5.75 Å². The normalized spacial score (nSPS) is 10.2. The topological polar surface area (TPSA) is 67.4 Å². The van der Waals surface area contributed by atoms with Crippen LogP contribution in [-0.2, 0) is 16.1 Å². The van der Waals surface area contributed by atoms with Crippen molar-refractivity contribution in [3.05, 3.63) is 29.8 Å². The first-order valence-electron chi connectivity index (χ1n) is 6.84. The number of rotatable bonds is 6. The van der Waals surface area contributed by atoms with E-state index in [9.17, 15) is 9.59 Å². The summed E-state index contributed by atoms with van der Waals surface area (Å²) in [6, 6.07) is 7.42. The van der Waals surface area contributed by atoms with E-state index in [1.165, 1.54) is 0 Å². The van der Waals surface area contributed by atoms with Gasteiger partial charge in [-0.15, -0.1) is 0 Å². The van der Waals surface area contributed by atoms with Gasteiger partial charge in [0.25, 0.3) is 0 Å². The molecule has 5 heteroatoms. The zero-order valence-electron chi connectivity index (χ0n) is 12.2. The van der Waals surface area contributed by atoms with Crippen molar-refractivity contribution in [3.63, 3.8) is 0 Å². The molecule has 0 heterocycles. The predicted molar refractivity (Wildman–Crippen MR) is 77.4 cm³/mol. The number of hydrogen-bond acceptors (Lipinski definition) is 3. The average Bonchev–Trinajstić information content (AvgIpc) is 2.43. The van der Waals surface area contributed by atoms with Crippen molar-refractivity contribution in [1.29, 1.82) is 0 Å². The third kappa shape index (κ3) is 5.73. The summed E-state index contributed by atoms with van der Waals surface area (Å²) >= 11 is 0. The maximum Gasteiger partial charge on any atom is 0.309 e. The van der Waals surface area contributed by atoms with E-state index in [1.54, 1.807) is 0 Å². The molecule has 0 aliphatic heterocycles. The Bertz CT molecular complexity index is 441. The van der Waals surface area contributed by atoms with E-state index < -0.39 is 11.8 Å². The number of benzene rings is 1. The molecular formula is C15H22N2O3. The fourth-order valence-electron chi connectivity index (χ4n) is 1.54. The highest BCUT2D eigenvalue weighted by molar-refractivity contribution is 6.35. The number of hydrogen-bond donors (Lipinski definition) is 2. The summed E-state index contributed by atoms with van der Waals surface area (Å²) in [6.45, 7) is 6.68. The van der Waals surface area contributed by atoms with Crippen LogP contribution < -0.4 is 15.4 Å². The summed E-state index contributed by atoms with van der Waals surface area (Å²) in [5.74, 6) is -0.414. The predicted octanol–water partition coefficient (Wildman–Crippen LogP) is 1.62. The Labute approximate surface area is 119 Å². The van der Waals surface area contributed by atoms with Gasteiger partial charge in [-0.3, -0.25) is 9.59 Å². The first kappa shape index (κ1) is 16.0. The molecular weight excluding hydrogens is 256 g/mol. The summed E-state index contributed by atoms with van der Waals surface area (Å²) in [7, 11) is 0. The molecule has 0 unspecified atom stereocenters. The number of carbonyl (C=O) groups excluding carboxylic acids is 2. The first-order valence-corrected chi connectivity index (χ1v) is 6.84. The Kier molecular flexibility index (Phi) is 6.56. The first-order chi connectivity index (χ1) is 9.52. The van der Waals surface area contributed by atoms with E-state index in [-0.39, 0.29) is 6.10 Å². The molecule has 0 fully saturated rings. The second-order valence-corrected chi connectivity index (χ2v) is 4.75. The fourth-order valence-corrected chi connectivity index (χ4v) is 1.54. The Morgan fingerprint density at radius 2 is 1.70 bits per heavy atom. The molecule has 1 rings (SSSR count). The SMILES string of the molecule is CCCNC(=O)C(=O)NCc1ccc(OC(C)C)cc1. The Morgan fingerprint density at radius 3 is 2.25 bits per heavy atom. The lowest BCUT2D eigenvalue weighted by molar-refractivity contribution is -0.139. The van der Waals surface area contributed by atoms with E-state index in [2.05, 4.69) is 10.6 Å². The van der Waals surface area contributed by atoms with E-state index in [0.29, 0.717) is 13.1 Å². The van der Waals surface area contributed by atoms with Gasteiger partial charge >= 0.3 is 11.8 Å². The lowest BCUT2D eigenvalue weighted by atomic mass is 10.2. The van der Waals surface area contributed by atoms with Gasteiger partial charge in [0.2, 0.25) is 0 Å². The smallest absolute Gasteiger partial charge is 0.309 e. The average molecular weight is 278 g/mol. The van der Waals surface area contributed by atoms with Crippen LogP contribution in [0.15, 0.2) is 24.3 Å². The van der Waals surface area contributed by atoms with Gasteiger partial charge in [-0.05, 0) is 38.0 Å². The molecule has 0 saturated carbocycles. The summed E-state index contributed by atoms with van der Waals surface area (Å²) in [6.07, 6.45) is 0.930. The molecule has 2 N–H and O–H groups in total. The van der Waals surface area contributed by atoms with Gasteiger partial charge in [0, 0.05) is 13.1 Å². The van der Waals surface area contributed by atoms with Gasteiger partial charge in [0.05, 0.1) is 6.10 Å². The minimum absolute atomic E-state index is 0.128. The number of nitrogens with one attached hydrogen (secondary N) is 2. The van der Waals surface area contributed by atoms with Gasteiger partial charge in [-0.1, -0.05) is 19.1 Å². The second-order valence-electron chi connectivity index (χ2n) is 4.75. The summed E-state index contributed by atoms with van der Waals surface area (Å²) < 4.78 is 5.53. The molecule has 1 aromatic carbocycles. The van der Waals surface area contributed by atoms with Gasteiger partial charge < -0.3 is 15.4 Å². The lowest BCUT2D eigenvalue weighted by Crippen LogP contribution is -2.39.